The highest BCUT2D eigenvalue weighted by Crippen LogP contribution is 2.36. The second-order valence-electron chi connectivity index (χ2n) is 9.04. The van der Waals surface area contributed by atoms with Gasteiger partial charge in [-0.3, -0.25) is 19.5 Å². The Hall–Kier alpha value is -3.78. The fourth-order valence-corrected chi connectivity index (χ4v) is 6.15. The maximum atomic E-state index is 13.8. The van der Waals surface area contributed by atoms with E-state index in [0.717, 1.165) is 4.31 Å². The normalized spacial score (nSPS) is 13.3. The number of sulfonamides is 1. The number of aromatic nitrogens is 2. The molecule has 2 heterocycles. The van der Waals surface area contributed by atoms with E-state index in [9.17, 15) is 23.3 Å². The molecule has 0 bridgehead atoms. The number of aryl methyl sites for hydroxylation is 1. The number of rotatable bonds is 7. The molecular formula is C26H24N4O7S2. The highest BCUT2D eigenvalue weighted by atomic mass is 32.2. The van der Waals surface area contributed by atoms with E-state index in [2.05, 4.69) is 0 Å². The molecule has 0 atom stereocenters. The van der Waals surface area contributed by atoms with Crippen LogP contribution in [0.2, 0.25) is 0 Å². The van der Waals surface area contributed by atoms with Gasteiger partial charge in [0.05, 0.1) is 33.0 Å². The van der Waals surface area contributed by atoms with Crippen molar-refractivity contribution in [2.45, 2.75) is 29.3 Å². The van der Waals surface area contributed by atoms with Gasteiger partial charge in [-0.05, 0) is 36.8 Å². The van der Waals surface area contributed by atoms with Crippen LogP contribution in [-0.2, 0) is 27.1 Å². The molecule has 0 fully saturated rings. The number of fused-ring (bicyclic) bond motifs is 2. The predicted octanol–water partition coefficient (Wildman–Crippen LogP) is 4.01. The first-order chi connectivity index (χ1) is 18.6. The molecule has 1 aliphatic heterocycles. The lowest BCUT2D eigenvalue weighted by Gasteiger charge is -2.21. The summed E-state index contributed by atoms with van der Waals surface area (Å²) in [6.07, 6.45) is 0. The monoisotopic (exact) mass is 568 g/mol. The van der Waals surface area contributed by atoms with Crippen LogP contribution in [0.25, 0.3) is 16.6 Å². The van der Waals surface area contributed by atoms with Gasteiger partial charge in [-0.1, -0.05) is 30.0 Å². The minimum absolute atomic E-state index is 0.0216. The van der Waals surface area contributed by atoms with Crippen molar-refractivity contribution in [3.63, 3.8) is 0 Å². The average molecular weight is 569 g/mol. The van der Waals surface area contributed by atoms with E-state index in [4.69, 9.17) is 14.5 Å². The number of ether oxygens (including phenoxy) is 2. The summed E-state index contributed by atoms with van der Waals surface area (Å²) in [5.74, 6) is 0.702. The Labute approximate surface area is 228 Å². The number of nitro benzene ring substituents is 1. The lowest BCUT2D eigenvalue weighted by molar-refractivity contribution is -0.385. The molecule has 0 saturated heterocycles. The molecule has 5 rings (SSSR count). The topological polar surface area (TPSA) is 134 Å². The van der Waals surface area contributed by atoms with E-state index in [0.29, 0.717) is 44.2 Å². The lowest BCUT2D eigenvalue weighted by Crippen LogP contribution is -2.25. The van der Waals surface area contributed by atoms with Crippen molar-refractivity contribution in [1.82, 2.24) is 13.9 Å². The first kappa shape index (κ1) is 26.8. The van der Waals surface area contributed by atoms with E-state index in [1.54, 1.807) is 37.3 Å². The number of thioether (sulfide) groups is 1. The molecule has 0 aliphatic carbocycles. The van der Waals surface area contributed by atoms with E-state index in [1.807, 2.05) is 0 Å². The van der Waals surface area contributed by atoms with Gasteiger partial charge >= 0.3 is 0 Å². The van der Waals surface area contributed by atoms with Gasteiger partial charge in [0, 0.05) is 43.1 Å². The average Bonchev–Trinajstić information content (AvgIpc) is 2.92. The van der Waals surface area contributed by atoms with Crippen LogP contribution in [-0.4, -0.2) is 48.1 Å². The summed E-state index contributed by atoms with van der Waals surface area (Å²) in [4.78, 5) is 29.6. The number of non-ortho nitro benzene ring substituents is 1. The first-order valence-corrected chi connectivity index (χ1v) is 14.2. The third-order valence-electron chi connectivity index (χ3n) is 6.28. The van der Waals surface area contributed by atoms with Crippen LogP contribution in [0.5, 0.6) is 5.75 Å². The number of hydrogen-bond donors (Lipinski definition) is 0. The smallest absolute Gasteiger partial charge is 0.270 e. The van der Waals surface area contributed by atoms with Gasteiger partial charge in [-0.15, -0.1) is 0 Å². The Bertz CT molecular complexity index is 1790. The molecule has 11 nitrogen and oxygen atoms in total. The van der Waals surface area contributed by atoms with Gasteiger partial charge in [-0.2, -0.15) is 0 Å². The van der Waals surface area contributed by atoms with E-state index in [-0.39, 0.29) is 35.3 Å². The van der Waals surface area contributed by atoms with E-state index in [1.165, 1.54) is 54.7 Å². The number of para-hydroxylation sites is 1. The summed E-state index contributed by atoms with van der Waals surface area (Å²) in [5.41, 5.74) is 2.17. The van der Waals surface area contributed by atoms with Crippen LogP contribution < -0.4 is 10.3 Å². The molecule has 13 heteroatoms. The van der Waals surface area contributed by atoms with Crippen molar-refractivity contribution in [1.29, 1.82) is 0 Å². The number of hydrogen-bond acceptors (Lipinski definition) is 9. The molecule has 1 aliphatic rings. The van der Waals surface area contributed by atoms with Crippen LogP contribution in [0.4, 0.5) is 5.69 Å². The summed E-state index contributed by atoms with van der Waals surface area (Å²) in [6, 6.07) is 14.4. The number of nitro groups is 1. The van der Waals surface area contributed by atoms with Gasteiger partial charge in [0.25, 0.3) is 11.2 Å². The maximum Gasteiger partial charge on any atom is 0.270 e. The molecule has 4 aromatic rings. The third-order valence-corrected chi connectivity index (χ3v) is 9.08. The summed E-state index contributed by atoms with van der Waals surface area (Å²) >= 11 is 1.19. The Kier molecular flexibility index (Phi) is 7.16. The molecular weight excluding hydrogens is 544 g/mol. The summed E-state index contributed by atoms with van der Waals surface area (Å²) < 4.78 is 39.2. The summed E-state index contributed by atoms with van der Waals surface area (Å²) in [5, 5.41) is 12.2. The molecule has 39 heavy (non-hydrogen) atoms. The molecule has 202 valence electrons. The van der Waals surface area contributed by atoms with Crippen LogP contribution in [0.15, 0.2) is 69.4 Å². The van der Waals surface area contributed by atoms with Crippen LogP contribution in [0.3, 0.4) is 0 Å². The summed E-state index contributed by atoms with van der Waals surface area (Å²) in [6.45, 7) is 1.98. The van der Waals surface area contributed by atoms with Crippen molar-refractivity contribution >= 4 is 38.4 Å². The van der Waals surface area contributed by atoms with Gasteiger partial charge in [0.15, 0.2) is 11.9 Å². The molecule has 0 unspecified atom stereocenters. The minimum atomic E-state index is -3.77. The minimum Gasteiger partial charge on any atom is -0.467 e. The van der Waals surface area contributed by atoms with Crippen LogP contribution >= 0.6 is 11.8 Å². The predicted molar refractivity (Wildman–Crippen MR) is 146 cm³/mol. The highest BCUT2D eigenvalue weighted by molar-refractivity contribution is 7.98. The molecule has 3 aromatic carbocycles. The molecule has 0 spiro atoms. The SMILES string of the molecule is Cc1ccc(S(=O)(=O)N(C)C)cc1-n1c(SCc2cc([N+](=O)[O-])cc3c2OCOC3)nc2ccccc2c1=O. The van der Waals surface area contributed by atoms with Crippen molar-refractivity contribution in [3.05, 3.63) is 91.8 Å². The third kappa shape index (κ3) is 5.01. The van der Waals surface area contributed by atoms with Crippen LogP contribution in [0, 0.1) is 17.0 Å². The van der Waals surface area contributed by atoms with Crippen molar-refractivity contribution in [3.8, 4) is 11.4 Å². The Balaban J connectivity index is 1.67. The van der Waals surface area contributed by atoms with Crippen molar-refractivity contribution in [2.75, 3.05) is 20.9 Å². The van der Waals surface area contributed by atoms with Gasteiger partial charge < -0.3 is 9.47 Å². The standard InChI is InChI=1S/C26H24N4O7S2/c1-16-8-9-20(39(34,35)28(2)3)12-23(16)29-25(31)21-6-4-5-7-22(21)27-26(29)38-14-18-11-19(30(32)33)10-17-13-36-15-37-24(17)18/h4-12H,13-15H2,1-3H3. The highest BCUT2D eigenvalue weighted by Gasteiger charge is 2.24. The Morgan fingerprint density at radius 1 is 1.15 bits per heavy atom. The van der Waals surface area contributed by atoms with Crippen molar-refractivity contribution < 1.29 is 22.8 Å². The van der Waals surface area contributed by atoms with Gasteiger partial charge in [-0.25, -0.2) is 17.7 Å². The van der Waals surface area contributed by atoms with E-state index >= 15 is 0 Å². The first-order valence-electron chi connectivity index (χ1n) is 11.8. The number of benzene rings is 3. The second-order valence-corrected chi connectivity index (χ2v) is 12.1. The fraction of sp³-hybridized carbons (Fsp3) is 0.231. The molecule has 0 saturated carbocycles. The largest absolute Gasteiger partial charge is 0.467 e. The van der Waals surface area contributed by atoms with Crippen molar-refractivity contribution in [2.24, 2.45) is 0 Å². The Morgan fingerprint density at radius 2 is 1.92 bits per heavy atom. The van der Waals surface area contributed by atoms with Gasteiger partial charge in [0.2, 0.25) is 10.0 Å². The lowest BCUT2D eigenvalue weighted by atomic mass is 10.1. The zero-order valence-corrected chi connectivity index (χ0v) is 22.9. The molecule has 0 amide bonds. The number of nitrogens with zero attached hydrogens (tertiary/aromatic N) is 4. The second kappa shape index (κ2) is 10.4. The van der Waals surface area contributed by atoms with Gasteiger partial charge in [0.1, 0.15) is 5.75 Å². The summed E-state index contributed by atoms with van der Waals surface area (Å²) in [7, 11) is -0.898. The molecule has 0 radical (unpaired) electrons. The Morgan fingerprint density at radius 3 is 2.67 bits per heavy atom. The molecule has 1 aromatic heterocycles. The maximum absolute atomic E-state index is 13.8. The molecule has 0 N–H and O–H groups in total. The van der Waals surface area contributed by atoms with E-state index < -0.39 is 14.9 Å². The van der Waals surface area contributed by atoms with Crippen LogP contribution in [0.1, 0.15) is 16.7 Å². The quantitative estimate of drug-likeness (QED) is 0.140. The zero-order valence-electron chi connectivity index (χ0n) is 21.3. The zero-order chi connectivity index (χ0) is 27.9. The fourth-order valence-electron chi connectivity index (χ4n) is 4.26.